The minimum Gasteiger partial charge on any atom is -0.310 e. The predicted octanol–water partition coefficient (Wildman–Crippen LogP) is 3.01. The highest BCUT2D eigenvalue weighted by Gasteiger charge is 2.28. The van der Waals surface area contributed by atoms with Crippen LogP contribution in [-0.2, 0) is 0 Å². The maximum atomic E-state index is 3.91. The maximum absolute atomic E-state index is 3.91. The predicted molar refractivity (Wildman–Crippen MR) is 80.5 cm³/mol. The zero-order chi connectivity index (χ0) is 13.1. The van der Waals surface area contributed by atoms with E-state index in [1.54, 1.807) is 0 Å². The molecule has 0 aromatic heterocycles. The number of hydrogen-bond donors (Lipinski definition) is 1. The van der Waals surface area contributed by atoms with Crippen LogP contribution in [0.5, 0.6) is 0 Å². The zero-order valence-corrected chi connectivity index (χ0v) is 12.0. The van der Waals surface area contributed by atoms with Crippen molar-refractivity contribution >= 4 is 0 Å². The van der Waals surface area contributed by atoms with Gasteiger partial charge in [0.1, 0.15) is 0 Å². The Morgan fingerprint density at radius 2 is 1.74 bits per heavy atom. The molecule has 1 aliphatic carbocycles. The minimum atomic E-state index is 0.673. The molecule has 0 bridgehead atoms. The molecule has 3 rings (SSSR count). The smallest absolute Gasteiger partial charge is 0.0203 e. The first kappa shape index (κ1) is 13.1. The van der Waals surface area contributed by atoms with Gasteiger partial charge in [0.2, 0.25) is 0 Å². The lowest BCUT2D eigenvalue weighted by molar-refractivity contribution is 0.195. The summed E-state index contributed by atoms with van der Waals surface area (Å²) in [5.41, 5.74) is 1.51. The average Bonchev–Trinajstić information content (AvgIpc) is 2.92. The van der Waals surface area contributed by atoms with Gasteiger partial charge in [-0.15, -0.1) is 0 Å². The third kappa shape index (κ3) is 3.37. The highest BCUT2D eigenvalue weighted by molar-refractivity contribution is 5.21. The van der Waals surface area contributed by atoms with Crippen LogP contribution in [-0.4, -0.2) is 37.1 Å². The van der Waals surface area contributed by atoms with E-state index >= 15 is 0 Å². The van der Waals surface area contributed by atoms with Crippen molar-refractivity contribution < 1.29 is 0 Å². The third-order valence-corrected chi connectivity index (χ3v) is 4.73. The van der Waals surface area contributed by atoms with Gasteiger partial charge in [0.25, 0.3) is 0 Å². The summed E-state index contributed by atoms with van der Waals surface area (Å²) in [5.74, 6) is 0.693. The largest absolute Gasteiger partial charge is 0.310 e. The van der Waals surface area contributed by atoms with Gasteiger partial charge >= 0.3 is 0 Å². The number of nitrogens with zero attached hydrogens (tertiary/aromatic N) is 1. The van der Waals surface area contributed by atoms with Crippen LogP contribution in [0.2, 0.25) is 0 Å². The summed E-state index contributed by atoms with van der Waals surface area (Å²) in [6, 6.07) is 12.5. The molecule has 2 atom stereocenters. The van der Waals surface area contributed by atoms with E-state index in [1.807, 2.05) is 0 Å². The molecule has 2 aliphatic rings. The van der Waals surface area contributed by atoms with E-state index < -0.39 is 0 Å². The van der Waals surface area contributed by atoms with Gasteiger partial charge in [0.15, 0.2) is 0 Å². The van der Waals surface area contributed by atoms with Crippen molar-refractivity contribution in [3.63, 3.8) is 0 Å². The Hall–Kier alpha value is -0.860. The molecule has 19 heavy (non-hydrogen) atoms. The average molecular weight is 258 g/mol. The number of likely N-dealkylation sites (tertiary alicyclic amines) is 1. The fourth-order valence-corrected chi connectivity index (χ4v) is 3.83. The number of rotatable bonds is 3. The van der Waals surface area contributed by atoms with Gasteiger partial charge in [-0.05, 0) is 37.8 Å². The fourth-order valence-electron chi connectivity index (χ4n) is 3.83. The van der Waals surface area contributed by atoms with E-state index in [2.05, 4.69) is 47.6 Å². The van der Waals surface area contributed by atoms with Gasteiger partial charge in [-0.25, -0.2) is 0 Å². The topological polar surface area (TPSA) is 15.3 Å². The second kappa shape index (κ2) is 6.06. The summed E-state index contributed by atoms with van der Waals surface area (Å²) >= 11 is 0. The van der Waals surface area contributed by atoms with Crippen molar-refractivity contribution in [3.05, 3.63) is 35.9 Å². The molecule has 1 aromatic carbocycles. The summed E-state index contributed by atoms with van der Waals surface area (Å²) < 4.78 is 0. The molecule has 0 spiro atoms. The monoisotopic (exact) mass is 258 g/mol. The van der Waals surface area contributed by atoms with Crippen LogP contribution >= 0.6 is 0 Å². The normalized spacial score (nSPS) is 29.7. The molecular formula is C17H26N2. The van der Waals surface area contributed by atoms with Crippen LogP contribution in [0.1, 0.15) is 43.6 Å². The van der Waals surface area contributed by atoms with Crippen molar-refractivity contribution in [2.45, 2.75) is 50.1 Å². The standard InChI is InChI=1S/C17H26N2/c1-19-12-15(14-7-3-2-4-8-14)11-17(13-19)18-16-9-5-6-10-16/h2-4,7-8,15-18H,5-6,9-13H2,1H3. The molecule has 0 radical (unpaired) electrons. The van der Waals surface area contributed by atoms with Gasteiger partial charge in [0, 0.05) is 25.2 Å². The van der Waals surface area contributed by atoms with Crippen LogP contribution in [0.3, 0.4) is 0 Å². The van der Waals surface area contributed by atoms with Crippen LogP contribution < -0.4 is 5.32 Å². The van der Waals surface area contributed by atoms with E-state index in [0.717, 1.165) is 6.04 Å². The number of piperidine rings is 1. The van der Waals surface area contributed by atoms with E-state index in [0.29, 0.717) is 12.0 Å². The van der Waals surface area contributed by atoms with E-state index in [9.17, 15) is 0 Å². The molecule has 1 aromatic rings. The molecule has 2 unspecified atom stereocenters. The number of likely N-dealkylation sites (N-methyl/N-ethyl adjacent to an activating group) is 1. The third-order valence-electron chi connectivity index (χ3n) is 4.73. The van der Waals surface area contributed by atoms with Crippen LogP contribution in [0.4, 0.5) is 0 Å². The summed E-state index contributed by atoms with van der Waals surface area (Å²) in [7, 11) is 2.26. The molecule has 2 fully saturated rings. The lowest BCUT2D eigenvalue weighted by Crippen LogP contribution is -2.49. The molecule has 1 saturated heterocycles. The number of nitrogens with one attached hydrogen (secondary N) is 1. The Balaban J connectivity index is 1.63. The molecular weight excluding hydrogens is 232 g/mol. The van der Waals surface area contributed by atoms with E-state index in [1.165, 1.54) is 50.8 Å². The van der Waals surface area contributed by atoms with Crippen molar-refractivity contribution in [2.24, 2.45) is 0 Å². The van der Waals surface area contributed by atoms with Gasteiger partial charge in [-0.1, -0.05) is 43.2 Å². The second-order valence-electron chi connectivity index (χ2n) is 6.41. The van der Waals surface area contributed by atoms with Crippen molar-refractivity contribution in [1.82, 2.24) is 10.2 Å². The lowest BCUT2D eigenvalue weighted by atomic mass is 9.88. The van der Waals surface area contributed by atoms with Crippen LogP contribution in [0.25, 0.3) is 0 Å². The maximum Gasteiger partial charge on any atom is 0.0203 e. The zero-order valence-electron chi connectivity index (χ0n) is 12.0. The Morgan fingerprint density at radius 3 is 2.47 bits per heavy atom. The Morgan fingerprint density at radius 1 is 1.00 bits per heavy atom. The Bertz CT molecular complexity index is 384. The van der Waals surface area contributed by atoms with Crippen LogP contribution in [0.15, 0.2) is 30.3 Å². The molecule has 2 heteroatoms. The summed E-state index contributed by atoms with van der Waals surface area (Å²) in [6.07, 6.45) is 6.90. The van der Waals surface area contributed by atoms with Gasteiger partial charge in [-0.2, -0.15) is 0 Å². The van der Waals surface area contributed by atoms with E-state index in [-0.39, 0.29) is 0 Å². The molecule has 104 valence electrons. The molecule has 1 saturated carbocycles. The van der Waals surface area contributed by atoms with Gasteiger partial charge in [-0.3, -0.25) is 0 Å². The number of hydrogen-bond acceptors (Lipinski definition) is 2. The quantitative estimate of drug-likeness (QED) is 0.896. The summed E-state index contributed by atoms with van der Waals surface area (Å²) in [5, 5.41) is 3.91. The Labute approximate surface area is 117 Å². The lowest BCUT2D eigenvalue weighted by Gasteiger charge is -2.37. The first-order valence-corrected chi connectivity index (χ1v) is 7.81. The summed E-state index contributed by atoms with van der Waals surface area (Å²) in [4.78, 5) is 2.49. The van der Waals surface area contributed by atoms with Crippen molar-refractivity contribution in [1.29, 1.82) is 0 Å². The van der Waals surface area contributed by atoms with Crippen molar-refractivity contribution in [3.8, 4) is 0 Å². The highest BCUT2D eigenvalue weighted by Crippen LogP contribution is 2.27. The fraction of sp³-hybridized carbons (Fsp3) is 0.647. The van der Waals surface area contributed by atoms with Gasteiger partial charge in [0.05, 0.1) is 0 Å². The molecule has 2 nitrogen and oxygen atoms in total. The first-order valence-electron chi connectivity index (χ1n) is 7.81. The SMILES string of the molecule is CN1CC(NC2CCCC2)CC(c2ccccc2)C1. The Kier molecular flexibility index (Phi) is 4.19. The first-order chi connectivity index (χ1) is 9.31. The van der Waals surface area contributed by atoms with E-state index in [4.69, 9.17) is 0 Å². The summed E-state index contributed by atoms with van der Waals surface area (Å²) in [6.45, 7) is 2.41. The van der Waals surface area contributed by atoms with Crippen LogP contribution in [0, 0.1) is 0 Å². The minimum absolute atomic E-state index is 0.673. The molecule has 1 heterocycles. The number of benzene rings is 1. The van der Waals surface area contributed by atoms with Crippen molar-refractivity contribution in [2.75, 3.05) is 20.1 Å². The second-order valence-corrected chi connectivity index (χ2v) is 6.41. The molecule has 1 N–H and O–H groups in total. The molecule has 0 amide bonds. The van der Waals surface area contributed by atoms with Gasteiger partial charge < -0.3 is 10.2 Å². The highest BCUT2D eigenvalue weighted by atomic mass is 15.1. The molecule has 1 aliphatic heterocycles.